The molecule has 1 amide bonds. The van der Waals surface area contributed by atoms with Crippen LogP contribution in [0.1, 0.15) is 32.3 Å². The van der Waals surface area contributed by atoms with E-state index in [0.717, 1.165) is 24.1 Å². The van der Waals surface area contributed by atoms with Crippen molar-refractivity contribution in [2.75, 3.05) is 18.9 Å². The Morgan fingerprint density at radius 3 is 2.55 bits per heavy atom. The molecule has 1 aliphatic carbocycles. The molecule has 2 atom stereocenters. The van der Waals surface area contributed by atoms with E-state index < -0.39 is 0 Å². The van der Waals surface area contributed by atoms with E-state index >= 15 is 0 Å². The molecule has 0 aromatic heterocycles. The Morgan fingerprint density at radius 1 is 1.30 bits per heavy atom. The highest BCUT2D eigenvalue weighted by Crippen LogP contribution is 2.50. The van der Waals surface area contributed by atoms with Gasteiger partial charge in [-0.3, -0.25) is 4.79 Å². The summed E-state index contributed by atoms with van der Waals surface area (Å²) in [6, 6.07) is 7.91. The van der Waals surface area contributed by atoms with Gasteiger partial charge in [0.1, 0.15) is 0 Å². The molecule has 2 aliphatic rings. The van der Waals surface area contributed by atoms with Gasteiger partial charge in [-0.1, -0.05) is 12.1 Å². The first-order chi connectivity index (χ1) is 9.53. The second-order valence-electron chi connectivity index (χ2n) is 6.15. The Bertz CT molecular complexity index is 508. The van der Waals surface area contributed by atoms with E-state index in [9.17, 15) is 4.79 Å². The lowest BCUT2D eigenvalue weighted by Crippen LogP contribution is -2.53. The van der Waals surface area contributed by atoms with Gasteiger partial charge in [0.15, 0.2) is 0 Å². The summed E-state index contributed by atoms with van der Waals surface area (Å²) in [6.07, 6.45) is 2.00. The third kappa shape index (κ3) is 2.18. The van der Waals surface area contributed by atoms with Crippen LogP contribution in [0.5, 0.6) is 0 Å². The second-order valence-corrected chi connectivity index (χ2v) is 6.15. The largest absolute Gasteiger partial charge is 0.399 e. The standard InChI is InChI=1S/C16H22N2O2/c1-11-10-20-12(2)9-18(11)15(19)16(7-8-16)13-3-5-14(17)6-4-13/h3-6,11-12H,7-10,17H2,1-2H3. The van der Waals surface area contributed by atoms with Gasteiger partial charge in [-0.2, -0.15) is 0 Å². The van der Waals surface area contributed by atoms with Crippen LogP contribution in [0.25, 0.3) is 0 Å². The number of nitrogens with two attached hydrogens (primary N) is 1. The van der Waals surface area contributed by atoms with Gasteiger partial charge in [-0.25, -0.2) is 0 Å². The van der Waals surface area contributed by atoms with E-state index in [-0.39, 0.29) is 23.5 Å². The van der Waals surface area contributed by atoms with E-state index in [1.54, 1.807) is 0 Å². The van der Waals surface area contributed by atoms with Gasteiger partial charge >= 0.3 is 0 Å². The lowest BCUT2D eigenvalue weighted by atomic mass is 9.93. The molecule has 1 saturated heterocycles. The summed E-state index contributed by atoms with van der Waals surface area (Å²) in [7, 11) is 0. The predicted octanol–water partition coefficient (Wildman–Crippen LogP) is 1.94. The first kappa shape index (κ1) is 13.4. The fraction of sp³-hybridized carbons (Fsp3) is 0.562. The number of morpholine rings is 1. The lowest BCUT2D eigenvalue weighted by Gasteiger charge is -2.39. The lowest BCUT2D eigenvalue weighted by molar-refractivity contribution is -0.146. The zero-order valence-electron chi connectivity index (χ0n) is 12.1. The summed E-state index contributed by atoms with van der Waals surface area (Å²) in [5, 5.41) is 0. The molecule has 2 N–H and O–H groups in total. The third-order valence-corrected chi connectivity index (χ3v) is 4.49. The Morgan fingerprint density at radius 2 is 1.95 bits per heavy atom. The third-order valence-electron chi connectivity index (χ3n) is 4.49. The zero-order valence-corrected chi connectivity index (χ0v) is 12.1. The minimum atomic E-state index is -0.307. The van der Waals surface area contributed by atoms with Crippen LogP contribution >= 0.6 is 0 Å². The van der Waals surface area contributed by atoms with Crippen molar-refractivity contribution in [3.8, 4) is 0 Å². The van der Waals surface area contributed by atoms with E-state index in [4.69, 9.17) is 10.5 Å². The van der Waals surface area contributed by atoms with Crippen molar-refractivity contribution in [2.45, 2.75) is 44.2 Å². The van der Waals surface area contributed by atoms with Gasteiger partial charge in [0.25, 0.3) is 0 Å². The first-order valence-corrected chi connectivity index (χ1v) is 7.31. The van der Waals surface area contributed by atoms with Crippen LogP contribution in [-0.2, 0) is 14.9 Å². The number of nitrogen functional groups attached to an aromatic ring is 1. The van der Waals surface area contributed by atoms with Gasteiger partial charge in [-0.05, 0) is 44.4 Å². The van der Waals surface area contributed by atoms with E-state index in [0.29, 0.717) is 13.2 Å². The molecule has 0 radical (unpaired) electrons. The number of rotatable bonds is 2. The summed E-state index contributed by atoms with van der Waals surface area (Å²) in [5.41, 5.74) is 7.27. The number of carbonyl (C=O) groups excluding carboxylic acids is 1. The summed E-state index contributed by atoms with van der Waals surface area (Å²) >= 11 is 0. The molecule has 108 valence electrons. The van der Waals surface area contributed by atoms with E-state index in [2.05, 4.69) is 6.92 Å². The SMILES string of the molecule is CC1CN(C(=O)C2(c3ccc(N)cc3)CC2)C(C)CO1. The average molecular weight is 274 g/mol. The molecule has 1 aromatic rings. The number of hydrogen-bond donors (Lipinski definition) is 1. The Labute approximate surface area is 119 Å². The molecule has 20 heavy (non-hydrogen) atoms. The number of amides is 1. The molecule has 1 aromatic carbocycles. The maximum Gasteiger partial charge on any atom is 0.233 e. The van der Waals surface area contributed by atoms with Crippen molar-refractivity contribution in [1.82, 2.24) is 4.90 Å². The predicted molar refractivity (Wildman–Crippen MR) is 78.4 cm³/mol. The maximum absolute atomic E-state index is 13.0. The van der Waals surface area contributed by atoms with Crippen LogP contribution in [-0.4, -0.2) is 36.1 Å². The second kappa shape index (κ2) is 4.77. The first-order valence-electron chi connectivity index (χ1n) is 7.31. The summed E-state index contributed by atoms with van der Waals surface area (Å²) in [4.78, 5) is 15.0. The van der Waals surface area contributed by atoms with Crippen LogP contribution in [0.4, 0.5) is 5.69 Å². The molecule has 2 fully saturated rings. The van der Waals surface area contributed by atoms with E-state index in [1.165, 1.54) is 0 Å². The number of hydrogen-bond acceptors (Lipinski definition) is 3. The van der Waals surface area contributed by atoms with Crippen molar-refractivity contribution in [3.05, 3.63) is 29.8 Å². The fourth-order valence-electron chi connectivity index (χ4n) is 3.01. The quantitative estimate of drug-likeness (QED) is 0.838. The summed E-state index contributed by atoms with van der Waals surface area (Å²) in [6.45, 7) is 5.40. The van der Waals surface area contributed by atoms with Crippen molar-refractivity contribution in [2.24, 2.45) is 0 Å². The number of benzene rings is 1. The molecule has 1 aliphatic heterocycles. The smallest absolute Gasteiger partial charge is 0.233 e. The minimum absolute atomic E-state index is 0.123. The molecule has 4 heteroatoms. The van der Waals surface area contributed by atoms with E-state index in [1.807, 2.05) is 36.1 Å². The van der Waals surface area contributed by atoms with Gasteiger partial charge in [0, 0.05) is 12.2 Å². The fourth-order valence-corrected chi connectivity index (χ4v) is 3.01. The summed E-state index contributed by atoms with van der Waals surface area (Å²) in [5.74, 6) is 0.255. The number of anilines is 1. The van der Waals surface area contributed by atoms with Gasteiger partial charge in [0.05, 0.1) is 24.2 Å². The van der Waals surface area contributed by atoms with Crippen LogP contribution in [0.15, 0.2) is 24.3 Å². The van der Waals surface area contributed by atoms with Gasteiger partial charge in [0.2, 0.25) is 5.91 Å². The van der Waals surface area contributed by atoms with Gasteiger partial charge in [-0.15, -0.1) is 0 Å². The Kier molecular flexibility index (Phi) is 3.21. The minimum Gasteiger partial charge on any atom is -0.399 e. The topological polar surface area (TPSA) is 55.6 Å². The van der Waals surface area contributed by atoms with Crippen molar-refractivity contribution in [1.29, 1.82) is 0 Å². The number of ether oxygens (including phenoxy) is 1. The molecule has 0 spiro atoms. The molecule has 3 rings (SSSR count). The van der Waals surface area contributed by atoms with Crippen molar-refractivity contribution >= 4 is 11.6 Å². The number of carbonyl (C=O) groups is 1. The van der Waals surface area contributed by atoms with Crippen LogP contribution in [0.2, 0.25) is 0 Å². The van der Waals surface area contributed by atoms with Crippen LogP contribution in [0.3, 0.4) is 0 Å². The zero-order chi connectivity index (χ0) is 14.3. The molecular formula is C16H22N2O2. The van der Waals surface area contributed by atoms with Crippen LogP contribution in [0, 0.1) is 0 Å². The highest BCUT2D eigenvalue weighted by Gasteiger charge is 2.54. The highest BCUT2D eigenvalue weighted by atomic mass is 16.5. The molecule has 0 bridgehead atoms. The van der Waals surface area contributed by atoms with Crippen molar-refractivity contribution in [3.63, 3.8) is 0 Å². The molecule has 4 nitrogen and oxygen atoms in total. The Balaban J connectivity index is 1.84. The maximum atomic E-state index is 13.0. The molecule has 1 saturated carbocycles. The number of nitrogens with zero attached hydrogens (tertiary/aromatic N) is 1. The molecule has 2 unspecified atom stereocenters. The molecule has 1 heterocycles. The Hall–Kier alpha value is -1.55. The average Bonchev–Trinajstić information content (AvgIpc) is 3.23. The molecular weight excluding hydrogens is 252 g/mol. The summed E-state index contributed by atoms with van der Waals surface area (Å²) < 4.78 is 5.61. The van der Waals surface area contributed by atoms with Crippen LogP contribution < -0.4 is 5.73 Å². The van der Waals surface area contributed by atoms with Gasteiger partial charge < -0.3 is 15.4 Å². The highest BCUT2D eigenvalue weighted by molar-refractivity contribution is 5.91. The van der Waals surface area contributed by atoms with Crippen molar-refractivity contribution < 1.29 is 9.53 Å². The monoisotopic (exact) mass is 274 g/mol. The normalized spacial score (nSPS) is 28.2.